The van der Waals surface area contributed by atoms with Gasteiger partial charge in [0.15, 0.2) is 0 Å². The molecular weight excluding hydrogens is 296 g/mol. The van der Waals surface area contributed by atoms with Crippen molar-refractivity contribution in [3.63, 3.8) is 0 Å². The van der Waals surface area contributed by atoms with Crippen LogP contribution in [0.15, 0.2) is 53.0 Å². The van der Waals surface area contributed by atoms with Crippen LogP contribution in [-0.4, -0.2) is 13.1 Å². The standard InChI is InChI=1S/C14H11BrO3/c1-17-11-7-8-12(15)13(9-11)18-14(16)10-5-3-2-4-6-10/h2-9H,1H3. The predicted octanol–water partition coefficient (Wildman–Crippen LogP) is 3.68. The molecule has 0 spiro atoms. The molecule has 0 aromatic heterocycles. The zero-order valence-corrected chi connectivity index (χ0v) is 11.3. The van der Waals surface area contributed by atoms with E-state index in [1.165, 1.54) is 0 Å². The van der Waals surface area contributed by atoms with Gasteiger partial charge in [-0.3, -0.25) is 0 Å². The molecule has 4 heteroatoms. The van der Waals surface area contributed by atoms with Gasteiger partial charge in [0.05, 0.1) is 17.1 Å². The van der Waals surface area contributed by atoms with Crippen molar-refractivity contribution in [3.05, 3.63) is 58.6 Å². The molecule has 0 unspecified atom stereocenters. The Hall–Kier alpha value is -1.81. The highest BCUT2D eigenvalue weighted by Crippen LogP contribution is 2.29. The van der Waals surface area contributed by atoms with Crippen LogP contribution >= 0.6 is 15.9 Å². The van der Waals surface area contributed by atoms with E-state index in [2.05, 4.69) is 15.9 Å². The van der Waals surface area contributed by atoms with Crippen LogP contribution in [0.1, 0.15) is 10.4 Å². The van der Waals surface area contributed by atoms with Crippen LogP contribution in [0.3, 0.4) is 0 Å². The molecule has 0 saturated carbocycles. The minimum atomic E-state index is -0.399. The van der Waals surface area contributed by atoms with Crippen LogP contribution in [-0.2, 0) is 0 Å². The van der Waals surface area contributed by atoms with Gasteiger partial charge >= 0.3 is 5.97 Å². The van der Waals surface area contributed by atoms with E-state index in [9.17, 15) is 4.79 Å². The first-order chi connectivity index (χ1) is 8.70. The lowest BCUT2D eigenvalue weighted by Crippen LogP contribution is -2.08. The van der Waals surface area contributed by atoms with Gasteiger partial charge in [0, 0.05) is 6.07 Å². The predicted molar refractivity (Wildman–Crippen MR) is 72.1 cm³/mol. The summed E-state index contributed by atoms with van der Waals surface area (Å²) in [7, 11) is 1.56. The van der Waals surface area contributed by atoms with E-state index in [4.69, 9.17) is 9.47 Å². The van der Waals surface area contributed by atoms with Crippen LogP contribution in [0.2, 0.25) is 0 Å². The smallest absolute Gasteiger partial charge is 0.343 e. The van der Waals surface area contributed by atoms with E-state index in [1.807, 2.05) is 6.07 Å². The number of carbonyl (C=O) groups is 1. The van der Waals surface area contributed by atoms with Crippen LogP contribution in [0.5, 0.6) is 11.5 Å². The van der Waals surface area contributed by atoms with Crippen LogP contribution in [0, 0.1) is 0 Å². The topological polar surface area (TPSA) is 35.5 Å². The van der Waals surface area contributed by atoms with Crippen LogP contribution < -0.4 is 9.47 Å². The second-order valence-electron chi connectivity index (χ2n) is 3.55. The highest BCUT2D eigenvalue weighted by Gasteiger charge is 2.11. The molecule has 0 bridgehead atoms. The average molecular weight is 307 g/mol. The number of carbonyl (C=O) groups excluding carboxylic acids is 1. The van der Waals surface area contributed by atoms with Gasteiger partial charge in [-0.2, -0.15) is 0 Å². The number of hydrogen-bond donors (Lipinski definition) is 0. The van der Waals surface area contributed by atoms with Crippen molar-refractivity contribution >= 4 is 21.9 Å². The Labute approximate surface area is 113 Å². The Morgan fingerprint density at radius 2 is 1.83 bits per heavy atom. The summed E-state index contributed by atoms with van der Waals surface area (Å²) in [4.78, 5) is 11.9. The third-order valence-corrected chi connectivity index (χ3v) is 3.01. The lowest BCUT2D eigenvalue weighted by atomic mass is 10.2. The van der Waals surface area contributed by atoms with Gasteiger partial charge in [-0.15, -0.1) is 0 Å². The van der Waals surface area contributed by atoms with E-state index in [-0.39, 0.29) is 0 Å². The molecule has 3 nitrogen and oxygen atoms in total. The molecule has 18 heavy (non-hydrogen) atoms. The SMILES string of the molecule is COc1ccc(Br)c(OC(=O)c2ccccc2)c1. The molecule has 2 rings (SSSR count). The molecular formula is C14H11BrO3. The molecule has 2 aromatic carbocycles. The van der Waals surface area contributed by atoms with E-state index in [0.717, 1.165) is 0 Å². The molecule has 0 radical (unpaired) electrons. The fourth-order valence-corrected chi connectivity index (χ4v) is 1.75. The summed E-state index contributed by atoms with van der Waals surface area (Å²) < 4.78 is 11.1. The Morgan fingerprint density at radius 1 is 1.11 bits per heavy atom. The fraction of sp³-hybridized carbons (Fsp3) is 0.0714. The zero-order valence-electron chi connectivity index (χ0n) is 9.72. The maximum Gasteiger partial charge on any atom is 0.343 e. The maximum absolute atomic E-state index is 11.9. The zero-order chi connectivity index (χ0) is 13.0. The molecule has 0 aliphatic carbocycles. The molecule has 0 amide bonds. The van der Waals surface area contributed by atoms with E-state index in [0.29, 0.717) is 21.5 Å². The van der Waals surface area contributed by atoms with Gasteiger partial charge in [-0.05, 0) is 40.2 Å². The van der Waals surface area contributed by atoms with Crippen LogP contribution in [0.25, 0.3) is 0 Å². The van der Waals surface area contributed by atoms with Crippen molar-refractivity contribution < 1.29 is 14.3 Å². The first-order valence-corrected chi connectivity index (χ1v) is 6.11. The third kappa shape index (κ3) is 2.90. The minimum Gasteiger partial charge on any atom is -0.497 e. The van der Waals surface area contributed by atoms with Gasteiger partial charge < -0.3 is 9.47 Å². The number of methoxy groups -OCH3 is 1. The lowest BCUT2D eigenvalue weighted by Gasteiger charge is -2.08. The molecule has 92 valence electrons. The monoisotopic (exact) mass is 306 g/mol. The van der Waals surface area contributed by atoms with E-state index in [1.54, 1.807) is 49.6 Å². The highest BCUT2D eigenvalue weighted by molar-refractivity contribution is 9.10. The number of rotatable bonds is 3. The van der Waals surface area contributed by atoms with Crippen molar-refractivity contribution in [2.24, 2.45) is 0 Å². The Kier molecular flexibility index (Phi) is 3.99. The summed E-state index contributed by atoms with van der Waals surface area (Å²) in [5.74, 6) is 0.668. The normalized spacial score (nSPS) is 9.89. The number of ether oxygens (including phenoxy) is 2. The Morgan fingerprint density at radius 3 is 2.50 bits per heavy atom. The maximum atomic E-state index is 11.9. The number of hydrogen-bond acceptors (Lipinski definition) is 3. The molecule has 0 saturated heterocycles. The Balaban J connectivity index is 2.21. The summed E-state index contributed by atoms with van der Waals surface area (Å²) in [5.41, 5.74) is 0.507. The van der Waals surface area contributed by atoms with Crippen LogP contribution in [0.4, 0.5) is 0 Å². The fourth-order valence-electron chi connectivity index (χ4n) is 1.42. The van der Waals surface area contributed by atoms with Gasteiger partial charge in [0.2, 0.25) is 0 Å². The van der Waals surface area contributed by atoms with Gasteiger partial charge in [-0.1, -0.05) is 18.2 Å². The molecule has 0 aliphatic heterocycles. The third-order valence-electron chi connectivity index (χ3n) is 2.35. The molecule has 0 N–H and O–H groups in total. The molecule has 2 aromatic rings. The number of benzene rings is 2. The Bertz CT molecular complexity index is 552. The van der Waals surface area contributed by atoms with E-state index < -0.39 is 5.97 Å². The van der Waals surface area contributed by atoms with E-state index >= 15 is 0 Å². The first kappa shape index (κ1) is 12.6. The minimum absolute atomic E-state index is 0.399. The number of esters is 1. The largest absolute Gasteiger partial charge is 0.497 e. The van der Waals surface area contributed by atoms with Crippen molar-refractivity contribution in [1.29, 1.82) is 0 Å². The average Bonchev–Trinajstić information content (AvgIpc) is 2.42. The summed E-state index contributed by atoms with van der Waals surface area (Å²) in [6.07, 6.45) is 0. The van der Waals surface area contributed by atoms with Crippen molar-refractivity contribution in [2.75, 3.05) is 7.11 Å². The molecule has 0 atom stereocenters. The molecule has 0 fully saturated rings. The first-order valence-electron chi connectivity index (χ1n) is 5.31. The lowest BCUT2D eigenvalue weighted by molar-refractivity contribution is 0.0733. The van der Waals surface area contributed by atoms with Gasteiger partial charge in [0.25, 0.3) is 0 Å². The van der Waals surface area contributed by atoms with Gasteiger partial charge in [-0.25, -0.2) is 4.79 Å². The molecule has 0 heterocycles. The van der Waals surface area contributed by atoms with Crippen molar-refractivity contribution in [1.82, 2.24) is 0 Å². The second-order valence-corrected chi connectivity index (χ2v) is 4.41. The van der Waals surface area contributed by atoms with Crippen molar-refractivity contribution in [2.45, 2.75) is 0 Å². The van der Waals surface area contributed by atoms with Gasteiger partial charge in [0.1, 0.15) is 11.5 Å². The number of halogens is 1. The molecule has 0 aliphatic rings. The highest BCUT2D eigenvalue weighted by atomic mass is 79.9. The summed E-state index contributed by atoms with van der Waals surface area (Å²) >= 11 is 3.33. The summed E-state index contributed by atoms with van der Waals surface area (Å²) in [6, 6.07) is 14.0. The second kappa shape index (κ2) is 5.69. The summed E-state index contributed by atoms with van der Waals surface area (Å²) in [6.45, 7) is 0. The quantitative estimate of drug-likeness (QED) is 0.641. The van der Waals surface area contributed by atoms with Crippen molar-refractivity contribution in [3.8, 4) is 11.5 Å². The summed E-state index contributed by atoms with van der Waals surface area (Å²) in [5, 5.41) is 0.